The van der Waals surface area contributed by atoms with Crippen LogP contribution in [0.1, 0.15) is 27.2 Å². The van der Waals surface area contributed by atoms with Crippen LogP contribution in [-0.2, 0) is 9.53 Å². The van der Waals surface area contributed by atoms with Gasteiger partial charge in [0.25, 0.3) is 0 Å². The zero-order valence-electron chi connectivity index (χ0n) is 9.93. The first kappa shape index (κ1) is 12.5. The van der Waals surface area contributed by atoms with Crippen molar-refractivity contribution in [1.29, 1.82) is 0 Å². The molecule has 0 saturated carbocycles. The summed E-state index contributed by atoms with van der Waals surface area (Å²) in [7, 11) is 0. The molecule has 0 spiro atoms. The fourth-order valence-corrected chi connectivity index (χ4v) is 1.63. The van der Waals surface area contributed by atoms with Gasteiger partial charge in [0, 0.05) is 12.1 Å². The number of carbonyl (C=O) groups is 1. The first-order valence-corrected chi connectivity index (χ1v) is 5.57. The van der Waals surface area contributed by atoms with Gasteiger partial charge < -0.3 is 15.4 Å². The van der Waals surface area contributed by atoms with Crippen molar-refractivity contribution >= 4 is 5.91 Å². The molecule has 0 aliphatic carbocycles. The van der Waals surface area contributed by atoms with Gasteiger partial charge in [0.15, 0.2) is 0 Å². The van der Waals surface area contributed by atoms with Crippen LogP contribution in [0.25, 0.3) is 0 Å². The van der Waals surface area contributed by atoms with E-state index in [4.69, 9.17) is 4.74 Å². The molecule has 1 heterocycles. The van der Waals surface area contributed by atoms with Gasteiger partial charge in [0.05, 0.1) is 6.61 Å². The molecule has 15 heavy (non-hydrogen) atoms. The highest BCUT2D eigenvalue weighted by atomic mass is 16.5. The van der Waals surface area contributed by atoms with E-state index in [9.17, 15) is 4.79 Å². The van der Waals surface area contributed by atoms with Crippen molar-refractivity contribution in [2.45, 2.75) is 32.7 Å². The second-order valence-corrected chi connectivity index (χ2v) is 5.17. The number of ether oxygens (including phenoxy) is 1. The van der Waals surface area contributed by atoms with E-state index in [2.05, 4.69) is 10.6 Å². The number of nitrogens with one attached hydrogen (secondary N) is 2. The number of hydrogen-bond donors (Lipinski definition) is 2. The molecule has 0 aromatic heterocycles. The molecule has 1 saturated heterocycles. The summed E-state index contributed by atoms with van der Waals surface area (Å²) in [6, 6.07) is 0. The van der Waals surface area contributed by atoms with Gasteiger partial charge in [-0.05, 0) is 39.7 Å². The standard InChI is InChI=1S/C11H22N2O2/c1-11(2,3)13-10(14)8-15-7-9-4-5-12-6-9/h9,12H,4-8H2,1-3H3,(H,13,14). The van der Waals surface area contributed by atoms with E-state index in [0.717, 1.165) is 19.5 Å². The SMILES string of the molecule is CC(C)(C)NC(=O)COCC1CCNC1. The molecule has 0 aromatic carbocycles. The predicted molar refractivity (Wildman–Crippen MR) is 59.7 cm³/mol. The lowest BCUT2D eigenvalue weighted by Crippen LogP contribution is -2.42. The van der Waals surface area contributed by atoms with Crippen molar-refractivity contribution < 1.29 is 9.53 Å². The summed E-state index contributed by atoms with van der Waals surface area (Å²) in [6.45, 7) is 8.84. The molecule has 1 amide bonds. The highest BCUT2D eigenvalue weighted by Gasteiger charge is 2.16. The largest absolute Gasteiger partial charge is 0.371 e. The average Bonchev–Trinajstić information content (AvgIpc) is 2.53. The van der Waals surface area contributed by atoms with Crippen LogP contribution in [-0.4, -0.2) is 37.7 Å². The van der Waals surface area contributed by atoms with Gasteiger partial charge in [-0.1, -0.05) is 0 Å². The van der Waals surface area contributed by atoms with Crippen LogP contribution in [0.5, 0.6) is 0 Å². The maximum Gasteiger partial charge on any atom is 0.246 e. The normalized spacial score (nSPS) is 21.7. The lowest BCUT2D eigenvalue weighted by molar-refractivity contribution is -0.127. The van der Waals surface area contributed by atoms with Gasteiger partial charge in [-0.3, -0.25) is 4.79 Å². The van der Waals surface area contributed by atoms with E-state index in [1.54, 1.807) is 0 Å². The van der Waals surface area contributed by atoms with Crippen molar-refractivity contribution in [2.24, 2.45) is 5.92 Å². The molecule has 4 nitrogen and oxygen atoms in total. The Labute approximate surface area is 91.8 Å². The molecule has 4 heteroatoms. The number of carbonyl (C=O) groups excluding carboxylic acids is 1. The number of rotatable bonds is 4. The van der Waals surface area contributed by atoms with Gasteiger partial charge in [-0.15, -0.1) is 0 Å². The quantitative estimate of drug-likeness (QED) is 0.717. The Morgan fingerprint density at radius 1 is 1.53 bits per heavy atom. The zero-order valence-corrected chi connectivity index (χ0v) is 9.93. The van der Waals surface area contributed by atoms with Crippen LogP contribution in [0.15, 0.2) is 0 Å². The lowest BCUT2D eigenvalue weighted by atomic mass is 10.1. The van der Waals surface area contributed by atoms with Gasteiger partial charge in [-0.25, -0.2) is 0 Å². The number of hydrogen-bond acceptors (Lipinski definition) is 3. The summed E-state index contributed by atoms with van der Waals surface area (Å²) in [5, 5.41) is 6.13. The summed E-state index contributed by atoms with van der Waals surface area (Å²) in [6.07, 6.45) is 1.15. The molecule has 1 rings (SSSR count). The Morgan fingerprint density at radius 2 is 2.27 bits per heavy atom. The zero-order chi connectivity index (χ0) is 11.3. The van der Waals surface area contributed by atoms with Crippen molar-refractivity contribution in [3.05, 3.63) is 0 Å². The molecule has 1 aliphatic heterocycles. The van der Waals surface area contributed by atoms with E-state index < -0.39 is 0 Å². The van der Waals surface area contributed by atoms with Crippen LogP contribution in [0.3, 0.4) is 0 Å². The van der Waals surface area contributed by atoms with Gasteiger partial charge in [-0.2, -0.15) is 0 Å². The third-order valence-corrected chi connectivity index (χ3v) is 2.26. The van der Waals surface area contributed by atoms with E-state index in [-0.39, 0.29) is 18.1 Å². The lowest BCUT2D eigenvalue weighted by Gasteiger charge is -2.20. The van der Waals surface area contributed by atoms with Crippen molar-refractivity contribution in [3.8, 4) is 0 Å². The van der Waals surface area contributed by atoms with Gasteiger partial charge >= 0.3 is 0 Å². The smallest absolute Gasteiger partial charge is 0.246 e. The first-order chi connectivity index (χ1) is 6.97. The number of amides is 1. The predicted octanol–water partition coefficient (Wildman–Crippen LogP) is 0.527. The summed E-state index contributed by atoms with van der Waals surface area (Å²) in [5.41, 5.74) is -0.171. The summed E-state index contributed by atoms with van der Waals surface area (Å²) >= 11 is 0. The summed E-state index contributed by atoms with van der Waals surface area (Å²) in [5.74, 6) is 0.542. The minimum absolute atomic E-state index is 0.0338. The van der Waals surface area contributed by atoms with E-state index in [0.29, 0.717) is 12.5 Å². The molecule has 88 valence electrons. The molecule has 0 aromatic rings. The van der Waals surface area contributed by atoms with E-state index in [1.165, 1.54) is 0 Å². The monoisotopic (exact) mass is 214 g/mol. The summed E-state index contributed by atoms with van der Waals surface area (Å²) in [4.78, 5) is 11.4. The Kier molecular flexibility index (Phi) is 4.54. The van der Waals surface area contributed by atoms with Crippen molar-refractivity contribution in [1.82, 2.24) is 10.6 Å². The third kappa shape index (κ3) is 5.74. The fraction of sp³-hybridized carbons (Fsp3) is 0.909. The topological polar surface area (TPSA) is 50.4 Å². The van der Waals surface area contributed by atoms with Gasteiger partial charge in [0.2, 0.25) is 5.91 Å². The molecule has 1 aliphatic rings. The van der Waals surface area contributed by atoms with Crippen LogP contribution >= 0.6 is 0 Å². The Hall–Kier alpha value is -0.610. The second kappa shape index (κ2) is 5.47. The van der Waals surface area contributed by atoms with Crippen molar-refractivity contribution in [2.75, 3.05) is 26.3 Å². The van der Waals surface area contributed by atoms with Crippen LogP contribution in [0, 0.1) is 5.92 Å². The van der Waals surface area contributed by atoms with Gasteiger partial charge in [0.1, 0.15) is 6.61 Å². The molecular weight excluding hydrogens is 192 g/mol. The minimum Gasteiger partial charge on any atom is -0.371 e. The highest BCUT2D eigenvalue weighted by Crippen LogP contribution is 2.07. The first-order valence-electron chi connectivity index (χ1n) is 5.57. The Balaban J connectivity index is 2.06. The van der Waals surface area contributed by atoms with Crippen LogP contribution < -0.4 is 10.6 Å². The van der Waals surface area contributed by atoms with Crippen LogP contribution in [0.4, 0.5) is 0 Å². The van der Waals surface area contributed by atoms with Crippen LogP contribution in [0.2, 0.25) is 0 Å². The average molecular weight is 214 g/mol. The molecule has 1 atom stereocenters. The molecule has 1 unspecified atom stereocenters. The maximum absolute atomic E-state index is 11.4. The Morgan fingerprint density at radius 3 is 2.80 bits per heavy atom. The molecular formula is C11H22N2O2. The molecule has 0 bridgehead atoms. The Bertz CT molecular complexity index is 205. The van der Waals surface area contributed by atoms with E-state index in [1.807, 2.05) is 20.8 Å². The van der Waals surface area contributed by atoms with Crippen molar-refractivity contribution in [3.63, 3.8) is 0 Å². The maximum atomic E-state index is 11.4. The fourth-order valence-electron chi connectivity index (χ4n) is 1.63. The minimum atomic E-state index is -0.171. The second-order valence-electron chi connectivity index (χ2n) is 5.17. The third-order valence-electron chi connectivity index (χ3n) is 2.26. The molecule has 2 N–H and O–H groups in total. The van der Waals surface area contributed by atoms with E-state index >= 15 is 0 Å². The molecule has 0 radical (unpaired) electrons. The highest BCUT2D eigenvalue weighted by molar-refractivity contribution is 5.77. The molecule has 1 fully saturated rings. The summed E-state index contributed by atoms with van der Waals surface area (Å²) < 4.78 is 5.37.